The van der Waals surface area contributed by atoms with Crippen LogP contribution >= 0.6 is 0 Å². The van der Waals surface area contributed by atoms with Crippen molar-refractivity contribution in [2.24, 2.45) is 0 Å². The van der Waals surface area contributed by atoms with Crippen molar-refractivity contribution in [1.82, 2.24) is 0 Å². The molecular formula is C15H12F3NO3. The summed E-state index contributed by atoms with van der Waals surface area (Å²) in [5.41, 5.74) is -0.858. The van der Waals surface area contributed by atoms with Crippen molar-refractivity contribution in [3.8, 4) is 11.5 Å². The molecule has 0 aliphatic heterocycles. The number of carbonyl (C=O) groups excluding carboxylic acids is 1. The molecule has 0 bridgehead atoms. The van der Waals surface area contributed by atoms with Gasteiger partial charge in [-0.25, -0.2) is 4.79 Å². The largest absolute Gasteiger partial charge is 0.497 e. The Morgan fingerprint density at radius 3 is 2.27 bits per heavy atom. The molecule has 0 fully saturated rings. The molecule has 4 nitrogen and oxygen atoms in total. The van der Waals surface area contributed by atoms with Gasteiger partial charge in [-0.3, -0.25) is 5.32 Å². The van der Waals surface area contributed by atoms with Crippen LogP contribution in [0.15, 0.2) is 48.5 Å². The van der Waals surface area contributed by atoms with Crippen LogP contribution in [0, 0.1) is 0 Å². The molecular weight excluding hydrogens is 299 g/mol. The van der Waals surface area contributed by atoms with Crippen molar-refractivity contribution in [3.05, 3.63) is 54.1 Å². The Labute approximate surface area is 124 Å². The predicted octanol–water partition coefficient (Wildman–Crippen LogP) is 4.32. The maximum atomic E-state index is 12.6. The van der Waals surface area contributed by atoms with Crippen LogP contribution < -0.4 is 14.8 Å². The monoisotopic (exact) mass is 311 g/mol. The zero-order chi connectivity index (χ0) is 16.2. The summed E-state index contributed by atoms with van der Waals surface area (Å²) < 4.78 is 47.6. The van der Waals surface area contributed by atoms with Gasteiger partial charge >= 0.3 is 12.3 Å². The second kappa shape index (κ2) is 6.38. The SMILES string of the molecule is COc1ccc(OC(=O)Nc2cccc(C(F)(F)F)c2)cc1. The second-order valence-corrected chi connectivity index (χ2v) is 4.27. The number of hydrogen-bond donors (Lipinski definition) is 1. The molecule has 0 saturated carbocycles. The van der Waals surface area contributed by atoms with E-state index in [1.807, 2.05) is 0 Å². The fraction of sp³-hybridized carbons (Fsp3) is 0.133. The van der Waals surface area contributed by atoms with Crippen molar-refractivity contribution in [2.75, 3.05) is 12.4 Å². The van der Waals surface area contributed by atoms with Crippen LogP contribution in [0.1, 0.15) is 5.56 Å². The van der Waals surface area contributed by atoms with Crippen molar-refractivity contribution >= 4 is 11.8 Å². The molecule has 2 rings (SSSR count). The number of anilines is 1. The summed E-state index contributed by atoms with van der Waals surface area (Å²) in [5, 5.41) is 2.24. The number of methoxy groups -OCH3 is 1. The quantitative estimate of drug-likeness (QED) is 0.918. The number of nitrogens with one attached hydrogen (secondary N) is 1. The highest BCUT2D eigenvalue weighted by molar-refractivity contribution is 5.86. The number of alkyl halides is 3. The summed E-state index contributed by atoms with van der Waals surface area (Å²) >= 11 is 0. The van der Waals surface area contributed by atoms with E-state index in [1.54, 1.807) is 12.1 Å². The number of ether oxygens (including phenoxy) is 2. The van der Waals surface area contributed by atoms with E-state index >= 15 is 0 Å². The molecule has 0 aliphatic carbocycles. The summed E-state index contributed by atoms with van der Waals surface area (Å²) in [7, 11) is 1.50. The zero-order valence-corrected chi connectivity index (χ0v) is 11.5. The summed E-state index contributed by atoms with van der Waals surface area (Å²) in [6, 6.07) is 10.5. The molecule has 0 aliphatic rings. The first-order chi connectivity index (χ1) is 10.4. The molecule has 1 N–H and O–H groups in total. The highest BCUT2D eigenvalue weighted by Crippen LogP contribution is 2.30. The number of benzene rings is 2. The average Bonchev–Trinajstić information content (AvgIpc) is 2.47. The minimum absolute atomic E-state index is 0.00617. The highest BCUT2D eigenvalue weighted by atomic mass is 19.4. The molecule has 0 radical (unpaired) electrons. The van der Waals surface area contributed by atoms with Crippen LogP contribution in [0.3, 0.4) is 0 Å². The van der Waals surface area contributed by atoms with Crippen LogP contribution in [0.2, 0.25) is 0 Å². The van der Waals surface area contributed by atoms with Gasteiger partial charge in [0.1, 0.15) is 11.5 Å². The number of amides is 1. The lowest BCUT2D eigenvalue weighted by atomic mass is 10.2. The van der Waals surface area contributed by atoms with Crippen molar-refractivity contribution in [1.29, 1.82) is 0 Å². The molecule has 0 heterocycles. The second-order valence-electron chi connectivity index (χ2n) is 4.27. The van der Waals surface area contributed by atoms with Crippen molar-refractivity contribution in [2.45, 2.75) is 6.18 Å². The Bertz CT molecular complexity index is 654. The topological polar surface area (TPSA) is 47.6 Å². The van der Waals surface area contributed by atoms with Gasteiger partial charge in [0, 0.05) is 5.69 Å². The van der Waals surface area contributed by atoms with Gasteiger partial charge in [-0.1, -0.05) is 6.07 Å². The first-order valence-electron chi connectivity index (χ1n) is 6.18. The minimum Gasteiger partial charge on any atom is -0.497 e. The molecule has 0 aromatic heterocycles. The summed E-state index contributed by atoms with van der Waals surface area (Å²) in [5.74, 6) is 0.830. The van der Waals surface area contributed by atoms with E-state index in [0.29, 0.717) is 5.75 Å². The third-order valence-corrected chi connectivity index (χ3v) is 2.71. The number of hydrogen-bond acceptors (Lipinski definition) is 3. The van der Waals surface area contributed by atoms with Gasteiger partial charge in [0.2, 0.25) is 0 Å². The summed E-state index contributed by atoms with van der Waals surface area (Å²) in [4.78, 5) is 11.7. The Balaban J connectivity index is 2.02. The third kappa shape index (κ3) is 4.15. The lowest BCUT2D eigenvalue weighted by Gasteiger charge is -2.10. The smallest absolute Gasteiger partial charge is 0.417 e. The van der Waals surface area contributed by atoms with Gasteiger partial charge in [0.05, 0.1) is 12.7 Å². The number of rotatable bonds is 3. The van der Waals surface area contributed by atoms with Crippen LogP contribution in [-0.2, 0) is 6.18 Å². The fourth-order valence-electron chi connectivity index (χ4n) is 1.67. The Morgan fingerprint density at radius 2 is 1.68 bits per heavy atom. The van der Waals surface area contributed by atoms with Crippen LogP contribution in [0.4, 0.5) is 23.7 Å². The van der Waals surface area contributed by atoms with Crippen molar-refractivity contribution in [3.63, 3.8) is 0 Å². The lowest BCUT2D eigenvalue weighted by Crippen LogP contribution is -2.17. The summed E-state index contributed by atoms with van der Waals surface area (Å²) in [6.45, 7) is 0. The molecule has 7 heteroatoms. The van der Waals surface area contributed by atoms with Crippen LogP contribution in [-0.4, -0.2) is 13.2 Å². The average molecular weight is 311 g/mol. The van der Waals surface area contributed by atoms with E-state index in [0.717, 1.165) is 12.1 Å². The lowest BCUT2D eigenvalue weighted by molar-refractivity contribution is -0.137. The normalized spacial score (nSPS) is 10.9. The first kappa shape index (κ1) is 15.7. The molecule has 2 aromatic carbocycles. The Morgan fingerprint density at radius 1 is 1.05 bits per heavy atom. The Kier molecular flexibility index (Phi) is 4.55. The zero-order valence-electron chi connectivity index (χ0n) is 11.5. The molecule has 22 heavy (non-hydrogen) atoms. The first-order valence-corrected chi connectivity index (χ1v) is 6.18. The number of halogens is 3. The van der Waals surface area contributed by atoms with Crippen LogP contribution in [0.5, 0.6) is 11.5 Å². The maximum Gasteiger partial charge on any atom is 0.417 e. The molecule has 0 saturated heterocycles. The van der Waals surface area contributed by atoms with Gasteiger partial charge < -0.3 is 9.47 Å². The van der Waals surface area contributed by atoms with Gasteiger partial charge in [-0.05, 0) is 42.5 Å². The van der Waals surface area contributed by atoms with Gasteiger partial charge in [0.15, 0.2) is 0 Å². The van der Waals surface area contributed by atoms with E-state index in [2.05, 4.69) is 5.32 Å². The minimum atomic E-state index is -4.47. The predicted molar refractivity (Wildman–Crippen MR) is 74.1 cm³/mol. The highest BCUT2D eigenvalue weighted by Gasteiger charge is 2.30. The van der Waals surface area contributed by atoms with E-state index in [9.17, 15) is 18.0 Å². The molecule has 116 valence electrons. The summed E-state index contributed by atoms with van der Waals surface area (Å²) in [6.07, 6.45) is -5.36. The molecule has 0 unspecified atom stereocenters. The fourth-order valence-corrected chi connectivity index (χ4v) is 1.67. The third-order valence-electron chi connectivity index (χ3n) is 2.71. The Hall–Kier alpha value is -2.70. The van der Waals surface area contributed by atoms with E-state index in [-0.39, 0.29) is 11.4 Å². The molecule has 0 spiro atoms. The van der Waals surface area contributed by atoms with E-state index in [1.165, 1.54) is 31.4 Å². The van der Waals surface area contributed by atoms with Crippen molar-refractivity contribution < 1.29 is 27.4 Å². The van der Waals surface area contributed by atoms with E-state index < -0.39 is 17.8 Å². The maximum absolute atomic E-state index is 12.6. The van der Waals surface area contributed by atoms with Gasteiger partial charge in [0.25, 0.3) is 0 Å². The van der Waals surface area contributed by atoms with Gasteiger partial charge in [-0.2, -0.15) is 13.2 Å². The van der Waals surface area contributed by atoms with E-state index in [4.69, 9.17) is 9.47 Å². The molecule has 2 aromatic rings. The number of carbonyl (C=O) groups is 1. The molecule has 1 amide bonds. The van der Waals surface area contributed by atoms with Gasteiger partial charge in [-0.15, -0.1) is 0 Å². The standard InChI is InChI=1S/C15H12F3NO3/c1-21-12-5-7-13(8-6-12)22-14(20)19-11-4-2-3-10(9-11)15(16,17)18/h2-9H,1H3,(H,19,20). The van der Waals surface area contributed by atoms with Crippen LogP contribution in [0.25, 0.3) is 0 Å². The molecule has 0 atom stereocenters.